The van der Waals surface area contributed by atoms with Gasteiger partial charge in [-0.05, 0) is 19.3 Å². The van der Waals surface area contributed by atoms with E-state index in [4.69, 9.17) is 4.84 Å². The quantitative estimate of drug-likeness (QED) is 0.329. The first-order chi connectivity index (χ1) is 13.3. The number of imide groups is 1. The molecule has 0 spiro atoms. The Morgan fingerprint density at radius 2 is 1.82 bits per heavy atom. The molecule has 156 valence electrons. The van der Waals surface area contributed by atoms with Gasteiger partial charge in [0.25, 0.3) is 17.7 Å². The first-order valence-electron chi connectivity index (χ1n) is 9.87. The molecule has 0 radical (unpaired) electrons. The summed E-state index contributed by atoms with van der Waals surface area (Å²) in [6.07, 6.45) is 3.72. The summed E-state index contributed by atoms with van der Waals surface area (Å²) in [5.74, 6) is 2.78. The van der Waals surface area contributed by atoms with Gasteiger partial charge in [0.05, 0.1) is 0 Å². The van der Waals surface area contributed by atoms with Crippen LogP contribution in [0.15, 0.2) is 0 Å². The number of hydrogen-bond acceptors (Lipinski definition) is 5. The van der Waals surface area contributed by atoms with E-state index >= 15 is 0 Å². The largest absolute Gasteiger partial charge is 0.352 e. The van der Waals surface area contributed by atoms with Gasteiger partial charge in [0.1, 0.15) is 0 Å². The van der Waals surface area contributed by atoms with E-state index in [2.05, 4.69) is 17.2 Å². The van der Waals surface area contributed by atoms with Crippen LogP contribution in [0, 0.1) is 11.8 Å². The second-order valence-electron chi connectivity index (χ2n) is 6.71. The smallest absolute Gasteiger partial charge is 0.333 e. The van der Waals surface area contributed by atoms with Gasteiger partial charge in [0, 0.05) is 38.6 Å². The number of nitrogens with one attached hydrogen (secondary N) is 1. The minimum atomic E-state index is -2.16. The molecule has 1 fully saturated rings. The Morgan fingerprint density at radius 1 is 1.14 bits per heavy atom. The lowest BCUT2D eigenvalue weighted by Crippen LogP contribution is -2.42. The monoisotopic (exact) mass is 396 g/mol. The van der Waals surface area contributed by atoms with Crippen molar-refractivity contribution in [1.82, 2.24) is 10.4 Å². The molecule has 0 bridgehead atoms. The summed E-state index contributed by atoms with van der Waals surface area (Å²) >= 11 is 0. The Bertz CT molecular complexity index is 624. The molecule has 1 rings (SSSR count). The van der Waals surface area contributed by atoms with Crippen molar-refractivity contribution in [1.29, 1.82) is 0 Å². The highest BCUT2D eigenvalue weighted by molar-refractivity contribution is 6.01. The first-order valence-corrected chi connectivity index (χ1v) is 9.87. The van der Waals surface area contributed by atoms with Crippen molar-refractivity contribution in [3.8, 4) is 11.8 Å². The number of alkyl halides is 1. The Hall–Kier alpha value is -2.43. The lowest BCUT2D eigenvalue weighted by molar-refractivity contribution is -0.197. The summed E-state index contributed by atoms with van der Waals surface area (Å²) in [4.78, 5) is 51.2. The molecule has 1 atom stereocenters. The number of carbonyl (C=O) groups excluding carboxylic acids is 4. The highest BCUT2D eigenvalue weighted by Gasteiger charge is 2.35. The van der Waals surface area contributed by atoms with Crippen LogP contribution in [0.4, 0.5) is 4.39 Å². The minimum Gasteiger partial charge on any atom is -0.352 e. The van der Waals surface area contributed by atoms with Gasteiger partial charge in [0.2, 0.25) is 5.67 Å². The van der Waals surface area contributed by atoms with Gasteiger partial charge >= 0.3 is 5.97 Å². The molecule has 0 saturated carbocycles. The van der Waals surface area contributed by atoms with E-state index in [-0.39, 0.29) is 32.2 Å². The molecule has 1 saturated heterocycles. The maximum absolute atomic E-state index is 14.7. The number of hydrogen-bond donors (Lipinski definition) is 1. The van der Waals surface area contributed by atoms with Crippen LogP contribution in [-0.4, -0.2) is 41.0 Å². The van der Waals surface area contributed by atoms with Gasteiger partial charge < -0.3 is 10.2 Å². The summed E-state index contributed by atoms with van der Waals surface area (Å²) < 4.78 is 14.7. The lowest BCUT2D eigenvalue weighted by atomic mass is 9.99. The van der Waals surface area contributed by atoms with Gasteiger partial charge in [-0.2, -0.15) is 0 Å². The normalized spacial score (nSPS) is 15.6. The summed E-state index contributed by atoms with van der Waals surface area (Å²) in [5.41, 5.74) is -2.16. The lowest BCUT2D eigenvalue weighted by Gasteiger charge is -2.18. The van der Waals surface area contributed by atoms with E-state index in [0.717, 1.165) is 6.42 Å². The summed E-state index contributed by atoms with van der Waals surface area (Å²) in [7, 11) is 0. The summed E-state index contributed by atoms with van der Waals surface area (Å²) in [6.45, 7) is 4.01. The van der Waals surface area contributed by atoms with Gasteiger partial charge in [-0.15, -0.1) is 5.06 Å². The topological polar surface area (TPSA) is 92.8 Å². The predicted octanol–water partition coefficient (Wildman–Crippen LogP) is 2.58. The Kier molecular flexibility index (Phi) is 10.2. The molecule has 1 N–H and O–H groups in total. The van der Waals surface area contributed by atoms with E-state index in [1.54, 1.807) is 6.92 Å². The van der Waals surface area contributed by atoms with Crippen LogP contribution < -0.4 is 5.32 Å². The molecular formula is C20H29FN2O5. The van der Waals surface area contributed by atoms with Crippen LogP contribution in [-0.2, 0) is 24.0 Å². The zero-order valence-electron chi connectivity index (χ0n) is 16.6. The molecule has 7 nitrogen and oxygen atoms in total. The molecule has 3 amide bonds. The number of unbranched alkanes of at least 4 members (excludes halogenated alkanes) is 3. The number of rotatable bonds is 11. The molecule has 28 heavy (non-hydrogen) atoms. The first kappa shape index (κ1) is 23.6. The number of amides is 3. The second kappa shape index (κ2) is 12.1. The van der Waals surface area contributed by atoms with E-state index < -0.39 is 29.4 Å². The van der Waals surface area contributed by atoms with E-state index in [1.807, 2.05) is 6.92 Å². The van der Waals surface area contributed by atoms with E-state index in [1.165, 1.54) is 0 Å². The van der Waals surface area contributed by atoms with E-state index in [0.29, 0.717) is 37.2 Å². The Labute approximate surface area is 165 Å². The van der Waals surface area contributed by atoms with Gasteiger partial charge in [0.15, 0.2) is 0 Å². The molecule has 1 unspecified atom stereocenters. The zero-order chi connectivity index (χ0) is 21.0. The van der Waals surface area contributed by atoms with Crippen LogP contribution in [0.25, 0.3) is 0 Å². The summed E-state index contributed by atoms with van der Waals surface area (Å²) in [6, 6.07) is 0. The van der Waals surface area contributed by atoms with E-state index in [9.17, 15) is 23.6 Å². The van der Waals surface area contributed by atoms with Crippen molar-refractivity contribution in [3.63, 3.8) is 0 Å². The maximum atomic E-state index is 14.7. The van der Waals surface area contributed by atoms with Crippen molar-refractivity contribution in [2.24, 2.45) is 0 Å². The van der Waals surface area contributed by atoms with Crippen molar-refractivity contribution in [2.75, 3.05) is 6.54 Å². The fraction of sp³-hybridized carbons (Fsp3) is 0.700. The number of nitrogens with zero attached hydrogens (tertiary/aromatic N) is 1. The third-order valence-corrected chi connectivity index (χ3v) is 4.16. The van der Waals surface area contributed by atoms with Gasteiger partial charge in [-0.1, -0.05) is 38.5 Å². The third-order valence-electron chi connectivity index (χ3n) is 4.16. The molecular weight excluding hydrogens is 367 g/mol. The van der Waals surface area contributed by atoms with Crippen LogP contribution in [0.2, 0.25) is 0 Å². The zero-order valence-corrected chi connectivity index (χ0v) is 16.6. The Balaban J connectivity index is 2.26. The SMILES string of the molecule is CCCC#CC(F)(CCC)C(=O)NCCCCCC(=O)ON1C(=O)CCC1=O. The molecule has 0 aromatic carbocycles. The second-order valence-corrected chi connectivity index (χ2v) is 6.71. The average Bonchev–Trinajstić information content (AvgIpc) is 2.96. The van der Waals surface area contributed by atoms with Crippen LogP contribution in [0.1, 0.15) is 78.1 Å². The fourth-order valence-corrected chi connectivity index (χ4v) is 2.62. The summed E-state index contributed by atoms with van der Waals surface area (Å²) in [5, 5.41) is 3.09. The highest BCUT2D eigenvalue weighted by atomic mass is 19.1. The van der Waals surface area contributed by atoms with Crippen molar-refractivity contribution in [2.45, 2.75) is 83.7 Å². The van der Waals surface area contributed by atoms with Crippen LogP contribution >= 0.6 is 0 Å². The molecule has 0 aromatic rings. The van der Waals surface area contributed by atoms with Gasteiger partial charge in [-0.25, -0.2) is 9.18 Å². The molecule has 1 heterocycles. The highest BCUT2D eigenvalue weighted by Crippen LogP contribution is 2.18. The minimum absolute atomic E-state index is 0.0509. The standard InChI is InChI=1S/C20H29FN2O5/c1-3-5-8-14-20(21,13-4-2)19(27)22-15-9-6-7-10-18(26)28-23-16(24)11-12-17(23)25/h3-7,9-13,15H2,1-2H3,(H,22,27). The molecule has 0 aliphatic carbocycles. The molecule has 1 aliphatic heterocycles. The fourth-order valence-electron chi connectivity index (χ4n) is 2.62. The van der Waals surface area contributed by atoms with Crippen molar-refractivity contribution >= 4 is 23.7 Å². The Morgan fingerprint density at radius 3 is 2.43 bits per heavy atom. The van der Waals surface area contributed by atoms with Gasteiger partial charge in [-0.3, -0.25) is 14.4 Å². The maximum Gasteiger partial charge on any atom is 0.333 e. The molecule has 8 heteroatoms. The number of halogens is 1. The van der Waals surface area contributed by atoms with Crippen LogP contribution in [0.5, 0.6) is 0 Å². The number of hydroxylamine groups is 2. The van der Waals surface area contributed by atoms with Crippen LogP contribution in [0.3, 0.4) is 0 Å². The van der Waals surface area contributed by atoms with Crippen molar-refractivity contribution in [3.05, 3.63) is 0 Å². The number of carbonyl (C=O) groups is 4. The average molecular weight is 396 g/mol. The molecule has 0 aromatic heterocycles. The third kappa shape index (κ3) is 7.67. The van der Waals surface area contributed by atoms with Crippen molar-refractivity contribution < 1.29 is 28.4 Å². The predicted molar refractivity (Wildman–Crippen MR) is 100 cm³/mol. The molecule has 1 aliphatic rings.